The zero-order valence-electron chi connectivity index (χ0n) is 24.3. The second kappa shape index (κ2) is 11.3. The van der Waals surface area contributed by atoms with Crippen molar-refractivity contribution in [3.63, 3.8) is 0 Å². The summed E-state index contributed by atoms with van der Waals surface area (Å²) < 4.78 is 12.2. The number of benzene rings is 1. The van der Waals surface area contributed by atoms with Crippen LogP contribution in [-0.4, -0.2) is 12.3 Å². The smallest absolute Gasteiger partial charge is 0.430 e. The van der Waals surface area contributed by atoms with Crippen LogP contribution in [0, 0.1) is 46.3 Å². The summed E-state index contributed by atoms with van der Waals surface area (Å²) in [4.78, 5) is 12.5. The molecule has 0 aliphatic heterocycles. The maximum absolute atomic E-state index is 12.5. The number of halogens is 1. The van der Waals surface area contributed by atoms with Crippen molar-refractivity contribution >= 4 is 22.1 Å². The molecular formula is C34H49BrO3. The van der Waals surface area contributed by atoms with Crippen LogP contribution < -0.4 is 4.74 Å². The molecule has 0 unspecified atom stereocenters. The summed E-state index contributed by atoms with van der Waals surface area (Å²) in [6.07, 6.45) is 15.9. The Morgan fingerprint density at radius 1 is 1.00 bits per heavy atom. The van der Waals surface area contributed by atoms with Gasteiger partial charge in [-0.05, 0) is 116 Å². The van der Waals surface area contributed by atoms with E-state index in [2.05, 4.69) is 56.6 Å². The number of ether oxygens (including phenoxy) is 2. The van der Waals surface area contributed by atoms with Crippen molar-refractivity contribution < 1.29 is 14.3 Å². The first-order chi connectivity index (χ1) is 18.1. The first-order valence-corrected chi connectivity index (χ1v) is 16.2. The zero-order chi connectivity index (χ0) is 27.1. The normalized spacial score (nSPS) is 37.0. The highest BCUT2D eigenvalue weighted by atomic mass is 79.9. The molecule has 8 atom stereocenters. The van der Waals surface area contributed by atoms with Gasteiger partial charge in [-0.15, -0.1) is 0 Å². The van der Waals surface area contributed by atoms with E-state index in [1.54, 1.807) is 17.7 Å². The van der Waals surface area contributed by atoms with Gasteiger partial charge in [0, 0.05) is 10.9 Å². The van der Waals surface area contributed by atoms with Crippen LogP contribution in [0.1, 0.15) is 105 Å². The predicted octanol–water partition coefficient (Wildman–Crippen LogP) is 10.4. The molecule has 0 aromatic heterocycles. The minimum Gasteiger partial charge on any atom is -0.430 e. The molecule has 3 fully saturated rings. The van der Waals surface area contributed by atoms with E-state index in [1.807, 2.05) is 12.1 Å². The molecule has 1 aromatic rings. The fourth-order valence-corrected chi connectivity index (χ4v) is 9.78. The van der Waals surface area contributed by atoms with Gasteiger partial charge in [0.2, 0.25) is 0 Å². The lowest BCUT2D eigenvalue weighted by atomic mass is 9.47. The summed E-state index contributed by atoms with van der Waals surface area (Å²) in [5, 5.41) is 0. The lowest BCUT2D eigenvalue weighted by Crippen LogP contribution is -2.51. The van der Waals surface area contributed by atoms with E-state index in [1.165, 1.54) is 51.4 Å². The monoisotopic (exact) mass is 584 g/mol. The van der Waals surface area contributed by atoms with Crippen molar-refractivity contribution in [3.05, 3.63) is 40.4 Å². The first-order valence-electron chi connectivity index (χ1n) is 15.4. The summed E-state index contributed by atoms with van der Waals surface area (Å²) in [7, 11) is 0. The number of hydrogen-bond acceptors (Lipinski definition) is 3. The molecule has 0 spiro atoms. The number of hydrogen-bond donors (Lipinski definition) is 0. The van der Waals surface area contributed by atoms with Crippen LogP contribution in [0.15, 0.2) is 40.4 Å². The molecule has 0 bridgehead atoms. The molecule has 0 N–H and O–H groups in total. The molecule has 38 heavy (non-hydrogen) atoms. The number of rotatable bonds is 7. The van der Waals surface area contributed by atoms with E-state index in [4.69, 9.17) is 9.47 Å². The minimum atomic E-state index is -0.580. The summed E-state index contributed by atoms with van der Waals surface area (Å²) in [5.74, 6) is 5.60. The molecule has 1 aromatic carbocycles. The van der Waals surface area contributed by atoms with Crippen LogP contribution in [-0.2, 0) is 4.74 Å². The molecule has 5 rings (SSSR count). The number of allylic oxidation sites excluding steroid dienone is 1. The molecule has 4 heteroatoms. The van der Waals surface area contributed by atoms with E-state index in [9.17, 15) is 4.79 Å². The summed E-state index contributed by atoms with van der Waals surface area (Å²) >= 11 is 3.42. The standard InChI is InChI=1S/C34H49BrO3/c1-22(2)7-6-8-23(3)29-15-16-30-28-14-9-24-21-27(38-32(36)37-26-12-10-25(35)11-13-26)17-19-33(24,4)31(28)18-20-34(29,30)5/h9-13,22-23,27-31H,6-8,14-21H2,1-5H3/t23-,27+,28-,29+,30-,31+,33+,34-/m1/s1. The Hall–Kier alpha value is -1.29. The third-order valence-corrected chi connectivity index (χ3v) is 12.1. The molecule has 4 aliphatic rings. The highest BCUT2D eigenvalue weighted by Gasteiger charge is 2.59. The van der Waals surface area contributed by atoms with E-state index in [0.717, 1.165) is 59.2 Å². The lowest BCUT2D eigenvalue weighted by molar-refractivity contribution is -0.0597. The SMILES string of the molecule is CC(C)CCC[C@@H](C)[C@@H]1CC[C@@H]2[C@H]3CC=C4C[C@@H](OC(=O)Oc5ccc(Br)cc5)CC[C@]4(C)[C@H]3CC[C@@]21C. The van der Waals surface area contributed by atoms with Gasteiger partial charge in [-0.1, -0.05) is 81.5 Å². The van der Waals surface area contributed by atoms with Crippen LogP contribution in [0.2, 0.25) is 0 Å². The highest BCUT2D eigenvalue weighted by Crippen LogP contribution is 2.67. The van der Waals surface area contributed by atoms with E-state index in [-0.39, 0.29) is 11.5 Å². The van der Waals surface area contributed by atoms with Crippen LogP contribution in [0.4, 0.5) is 4.79 Å². The first kappa shape index (κ1) is 28.2. The van der Waals surface area contributed by atoms with Gasteiger partial charge in [0.15, 0.2) is 0 Å². The Bertz CT molecular complexity index is 1020. The van der Waals surface area contributed by atoms with Crippen molar-refractivity contribution in [1.29, 1.82) is 0 Å². The number of fused-ring (bicyclic) bond motifs is 5. The summed E-state index contributed by atoms with van der Waals surface area (Å²) in [5.41, 5.74) is 2.34. The molecular weight excluding hydrogens is 536 g/mol. The van der Waals surface area contributed by atoms with Crippen molar-refractivity contribution in [2.24, 2.45) is 46.3 Å². The molecule has 0 heterocycles. The third-order valence-electron chi connectivity index (χ3n) is 11.5. The van der Waals surface area contributed by atoms with Crippen LogP contribution in [0.5, 0.6) is 5.75 Å². The second-order valence-corrected chi connectivity index (χ2v) is 15.0. The fourth-order valence-electron chi connectivity index (χ4n) is 9.51. The van der Waals surface area contributed by atoms with Crippen molar-refractivity contribution in [3.8, 4) is 5.75 Å². The van der Waals surface area contributed by atoms with E-state index < -0.39 is 6.16 Å². The molecule has 3 nitrogen and oxygen atoms in total. The van der Waals surface area contributed by atoms with E-state index in [0.29, 0.717) is 11.2 Å². The minimum absolute atomic E-state index is 0.0785. The van der Waals surface area contributed by atoms with Gasteiger partial charge in [0.05, 0.1) is 0 Å². The van der Waals surface area contributed by atoms with Gasteiger partial charge >= 0.3 is 6.16 Å². The van der Waals surface area contributed by atoms with Crippen molar-refractivity contribution in [2.75, 3.05) is 0 Å². The van der Waals surface area contributed by atoms with Gasteiger partial charge in [-0.25, -0.2) is 4.79 Å². The van der Waals surface area contributed by atoms with Gasteiger partial charge in [-0.3, -0.25) is 0 Å². The average molecular weight is 586 g/mol. The molecule has 0 saturated heterocycles. The largest absolute Gasteiger partial charge is 0.514 e. The maximum Gasteiger partial charge on any atom is 0.514 e. The van der Waals surface area contributed by atoms with Crippen molar-refractivity contribution in [2.45, 2.75) is 111 Å². The molecule has 4 aliphatic carbocycles. The number of carbonyl (C=O) groups excluding carboxylic acids is 1. The lowest BCUT2D eigenvalue weighted by Gasteiger charge is -2.58. The summed E-state index contributed by atoms with van der Waals surface area (Å²) in [6.45, 7) is 12.5. The van der Waals surface area contributed by atoms with Gasteiger partial charge in [-0.2, -0.15) is 0 Å². The van der Waals surface area contributed by atoms with Crippen molar-refractivity contribution in [1.82, 2.24) is 0 Å². The summed E-state index contributed by atoms with van der Waals surface area (Å²) in [6, 6.07) is 7.30. The molecule has 0 amide bonds. The Morgan fingerprint density at radius 2 is 1.76 bits per heavy atom. The quantitative estimate of drug-likeness (QED) is 0.181. The van der Waals surface area contributed by atoms with E-state index >= 15 is 0 Å². The third kappa shape index (κ3) is 5.50. The Kier molecular flexibility index (Phi) is 8.40. The predicted molar refractivity (Wildman–Crippen MR) is 158 cm³/mol. The zero-order valence-corrected chi connectivity index (χ0v) is 25.9. The maximum atomic E-state index is 12.5. The Morgan fingerprint density at radius 3 is 2.50 bits per heavy atom. The van der Waals surface area contributed by atoms with Crippen LogP contribution in [0.3, 0.4) is 0 Å². The molecule has 0 radical (unpaired) electrons. The van der Waals surface area contributed by atoms with Gasteiger partial charge < -0.3 is 9.47 Å². The second-order valence-electron chi connectivity index (χ2n) is 14.1. The van der Waals surface area contributed by atoms with Gasteiger partial charge in [0.25, 0.3) is 0 Å². The van der Waals surface area contributed by atoms with Crippen LogP contribution in [0.25, 0.3) is 0 Å². The van der Waals surface area contributed by atoms with Gasteiger partial charge in [0.1, 0.15) is 11.9 Å². The molecule has 210 valence electrons. The Balaban J connectivity index is 1.21. The van der Waals surface area contributed by atoms with Crippen LogP contribution >= 0.6 is 15.9 Å². The molecule has 3 saturated carbocycles. The highest BCUT2D eigenvalue weighted by molar-refractivity contribution is 9.10. The fraction of sp³-hybridized carbons (Fsp3) is 0.735. The number of carbonyl (C=O) groups is 1. The average Bonchev–Trinajstić information content (AvgIpc) is 3.23. The topological polar surface area (TPSA) is 35.5 Å². The Labute approximate surface area is 239 Å².